The number of sulfonamides is 1. The van der Waals surface area contributed by atoms with Gasteiger partial charge in [-0.05, 0) is 48.7 Å². The summed E-state index contributed by atoms with van der Waals surface area (Å²) < 4.78 is 37.2. The third-order valence-electron chi connectivity index (χ3n) is 5.00. The Balaban J connectivity index is 1.54. The van der Waals surface area contributed by atoms with Crippen LogP contribution in [0.5, 0.6) is 11.5 Å². The highest BCUT2D eigenvalue weighted by Gasteiger charge is 2.31. The Morgan fingerprint density at radius 1 is 1.07 bits per heavy atom. The van der Waals surface area contributed by atoms with Crippen molar-refractivity contribution in [2.75, 3.05) is 27.3 Å². The minimum atomic E-state index is -3.53. The number of hydrogen-bond donors (Lipinski definition) is 1. The van der Waals surface area contributed by atoms with Crippen LogP contribution >= 0.6 is 0 Å². The van der Waals surface area contributed by atoms with Crippen molar-refractivity contribution in [3.63, 3.8) is 0 Å². The molecule has 0 atom stereocenters. The summed E-state index contributed by atoms with van der Waals surface area (Å²) in [6.45, 7) is 0.601. The van der Waals surface area contributed by atoms with Gasteiger partial charge in [0.1, 0.15) is 0 Å². The summed E-state index contributed by atoms with van der Waals surface area (Å²) >= 11 is 0. The maximum absolute atomic E-state index is 12.7. The van der Waals surface area contributed by atoms with Crippen LogP contribution in [-0.4, -0.2) is 52.2 Å². The van der Waals surface area contributed by atoms with E-state index in [-0.39, 0.29) is 16.7 Å². The normalized spacial score (nSPS) is 15.8. The SMILES string of the molecule is COc1ccc(/C=N\NC(=O)C2CCN(S(=O)(=O)c3ccccc3)CC2)cc1OC. The van der Waals surface area contributed by atoms with Gasteiger partial charge in [0, 0.05) is 19.0 Å². The Morgan fingerprint density at radius 2 is 1.73 bits per heavy atom. The van der Waals surface area contributed by atoms with E-state index in [1.807, 2.05) is 0 Å². The van der Waals surface area contributed by atoms with Crippen LogP contribution in [0, 0.1) is 5.92 Å². The molecule has 160 valence electrons. The molecule has 1 aliphatic rings. The van der Waals surface area contributed by atoms with Gasteiger partial charge in [0.05, 0.1) is 25.3 Å². The van der Waals surface area contributed by atoms with E-state index < -0.39 is 10.0 Å². The molecule has 0 bridgehead atoms. The van der Waals surface area contributed by atoms with E-state index >= 15 is 0 Å². The lowest BCUT2D eigenvalue weighted by Gasteiger charge is -2.30. The summed E-state index contributed by atoms with van der Waals surface area (Å²) in [6.07, 6.45) is 2.42. The molecule has 0 aromatic heterocycles. The zero-order chi connectivity index (χ0) is 21.6. The zero-order valence-electron chi connectivity index (χ0n) is 16.9. The Labute approximate surface area is 176 Å². The number of nitrogens with zero attached hydrogens (tertiary/aromatic N) is 2. The largest absolute Gasteiger partial charge is 0.493 e. The fourth-order valence-electron chi connectivity index (χ4n) is 3.29. The second kappa shape index (κ2) is 9.73. The molecule has 30 heavy (non-hydrogen) atoms. The standard InChI is InChI=1S/C21H25N3O5S/c1-28-19-9-8-16(14-20(19)29-2)15-22-23-21(25)17-10-12-24(13-11-17)30(26,27)18-6-4-3-5-7-18/h3-9,14-15,17H,10-13H2,1-2H3,(H,23,25)/b22-15-. The van der Waals surface area contributed by atoms with Gasteiger partial charge in [0.2, 0.25) is 15.9 Å². The number of carbonyl (C=O) groups excluding carboxylic acids is 1. The number of carbonyl (C=O) groups is 1. The van der Waals surface area contributed by atoms with Crippen molar-refractivity contribution in [2.24, 2.45) is 11.0 Å². The highest BCUT2D eigenvalue weighted by Crippen LogP contribution is 2.27. The van der Waals surface area contributed by atoms with Crippen molar-refractivity contribution in [3.05, 3.63) is 54.1 Å². The lowest BCUT2D eigenvalue weighted by molar-refractivity contribution is -0.126. The highest BCUT2D eigenvalue weighted by atomic mass is 32.2. The molecule has 1 amide bonds. The first-order chi connectivity index (χ1) is 14.5. The maximum Gasteiger partial charge on any atom is 0.243 e. The van der Waals surface area contributed by atoms with Crippen molar-refractivity contribution < 1.29 is 22.7 Å². The molecule has 0 radical (unpaired) electrons. The number of methoxy groups -OCH3 is 2. The van der Waals surface area contributed by atoms with Gasteiger partial charge in [-0.2, -0.15) is 9.41 Å². The van der Waals surface area contributed by atoms with Crippen LogP contribution in [0.15, 0.2) is 58.5 Å². The maximum atomic E-state index is 12.7. The predicted molar refractivity (Wildman–Crippen MR) is 113 cm³/mol. The molecule has 0 saturated carbocycles. The second-order valence-electron chi connectivity index (χ2n) is 6.84. The summed E-state index contributed by atoms with van der Waals surface area (Å²) in [4.78, 5) is 12.7. The quantitative estimate of drug-likeness (QED) is 0.536. The van der Waals surface area contributed by atoms with Gasteiger partial charge in [-0.25, -0.2) is 13.8 Å². The topological polar surface area (TPSA) is 97.3 Å². The van der Waals surface area contributed by atoms with Crippen LogP contribution < -0.4 is 14.9 Å². The summed E-state index contributed by atoms with van der Waals surface area (Å²) in [5.74, 6) is 0.675. The number of amides is 1. The predicted octanol–water partition coefficient (Wildman–Crippen LogP) is 2.25. The van der Waals surface area contributed by atoms with Crippen LogP contribution in [0.1, 0.15) is 18.4 Å². The molecule has 0 spiro atoms. The molecule has 0 aliphatic carbocycles. The van der Waals surface area contributed by atoms with Gasteiger partial charge in [-0.3, -0.25) is 4.79 Å². The lowest BCUT2D eigenvalue weighted by atomic mass is 9.98. The van der Waals surface area contributed by atoms with E-state index in [0.29, 0.717) is 37.4 Å². The van der Waals surface area contributed by atoms with Crippen molar-refractivity contribution >= 4 is 22.1 Å². The first-order valence-electron chi connectivity index (χ1n) is 9.56. The van der Waals surface area contributed by atoms with E-state index in [0.717, 1.165) is 5.56 Å². The Kier molecular flexibility index (Phi) is 7.07. The summed E-state index contributed by atoms with van der Waals surface area (Å²) in [6, 6.07) is 13.6. The molecule has 1 saturated heterocycles. The smallest absolute Gasteiger partial charge is 0.243 e. The summed E-state index contributed by atoms with van der Waals surface area (Å²) in [7, 11) is -0.422. The van der Waals surface area contributed by atoms with Crippen molar-refractivity contribution in [1.82, 2.24) is 9.73 Å². The minimum absolute atomic E-state index is 0.219. The van der Waals surface area contributed by atoms with Crippen molar-refractivity contribution in [3.8, 4) is 11.5 Å². The Hall–Kier alpha value is -2.91. The molecule has 8 nitrogen and oxygen atoms in total. The van der Waals surface area contributed by atoms with Gasteiger partial charge >= 0.3 is 0 Å². The molecular formula is C21H25N3O5S. The molecule has 1 fully saturated rings. The molecule has 3 rings (SSSR count). The van der Waals surface area contributed by atoms with Crippen LogP contribution in [0.25, 0.3) is 0 Å². The van der Waals surface area contributed by atoms with Gasteiger partial charge in [0.25, 0.3) is 0 Å². The van der Waals surface area contributed by atoms with Crippen LogP contribution in [0.4, 0.5) is 0 Å². The molecule has 1 heterocycles. The third-order valence-corrected chi connectivity index (χ3v) is 6.91. The van der Waals surface area contributed by atoms with Crippen molar-refractivity contribution in [2.45, 2.75) is 17.7 Å². The highest BCUT2D eigenvalue weighted by molar-refractivity contribution is 7.89. The molecule has 0 unspecified atom stereocenters. The fraction of sp³-hybridized carbons (Fsp3) is 0.333. The average Bonchev–Trinajstić information content (AvgIpc) is 2.79. The molecular weight excluding hydrogens is 406 g/mol. The summed E-state index contributed by atoms with van der Waals surface area (Å²) in [5.41, 5.74) is 3.29. The molecule has 2 aromatic rings. The zero-order valence-corrected chi connectivity index (χ0v) is 17.8. The van der Waals surface area contributed by atoms with Gasteiger partial charge in [-0.1, -0.05) is 18.2 Å². The molecule has 1 N–H and O–H groups in total. The number of ether oxygens (including phenoxy) is 2. The minimum Gasteiger partial charge on any atom is -0.493 e. The van der Waals surface area contributed by atoms with E-state index in [2.05, 4.69) is 10.5 Å². The van der Waals surface area contributed by atoms with Crippen molar-refractivity contribution in [1.29, 1.82) is 0 Å². The number of rotatable bonds is 7. The Bertz CT molecular complexity index is 1000. The third kappa shape index (κ3) is 4.98. The van der Waals surface area contributed by atoms with Gasteiger partial charge in [-0.15, -0.1) is 0 Å². The van der Waals surface area contributed by atoms with E-state index in [9.17, 15) is 13.2 Å². The van der Waals surface area contributed by atoms with Gasteiger partial charge in [0.15, 0.2) is 11.5 Å². The van der Waals surface area contributed by atoms with Crippen LogP contribution in [-0.2, 0) is 14.8 Å². The average molecular weight is 432 g/mol. The first kappa shape index (κ1) is 21.8. The second-order valence-corrected chi connectivity index (χ2v) is 8.78. The molecule has 2 aromatic carbocycles. The van der Waals surface area contributed by atoms with E-state index in [4.69, 9.17) is 9.47 Å². The number of benzene rings is 2. The number of hydrazone groups is 1. The molecule has 1 aliphatic heterocycles. The number of hydrogen-bond acceptors (Lipinski definition) is 6. The lowest BCUT2D eigenvalue weighted by Crippen LogP contribution is -2.42. The number of piperidine rings is 1. The Morgan fingerprint density at radius 3 is 2.37 bits per heavy atom. The fourth-order valence-corrected chi connectivity index (χ4v) is 4.79. The summed E-state index contributed by atoms with van der Waals surface area (Å²) in [5, 5.41) is 4.01. The molecule has 9 heteroatoms. The number of nitrogens with one attached hydrogen (secondary N) is 1. The van der Waals surface area contributed by atoms with Crippen LogP contribution in [0.3, 0.4) is 0 Å². The van der Waals surface area contributed by atoms with E-state index in [1.54, 1.807) is 62.8 Å². The van der Waals surface area contributed by atoms with Crippen LogP contribution in [0.2, 0.25) is 0 Å². The first-order valence-corrected chi connectivity index (χ1v) is 11.0. The monoisotopic (exact) mass is 431 g/mol. The van der Waals surface area contributed by atoms with Gasteiger partial charge < -0.3 is 9.47 Å². The van der Waals surface area contributed by atoms with E-state index in [1.165, 1.54) is 10.5 Å².